The molecule has 1 N–H and O–H groups in total. The predicted molar refractivity (Wildman–Crippen MR) is 66.2 cm³/mol. The van der Waals surface area contributed by atoms with Crippen LogP contribution in [-0.4, -0.2) is 37.3 Å². The quantitative estimate of drug-likeness (QED) is 0.602. The second-order valence-electron chi connectivity index (χ2n) is 3.49. The van der Waals surface area contributed by atoms with Gasteiger partial charge in [-0.2, -0.15) is 11.8 Å². The van der Waals surface area contributed by atoms with Gasteiger partial charge in [-0.25, -0.2) is 0 Å². The first-order chi connectivity index (χ1) is 6.76. The fraction of sp³-hybridized carbons (Fsp3) is 1.00. The smallest absolute Gasteiger partial charge is 0.0470 e. The molecule has 0 radical (unpaired) electrons. The summed E-state index contributed by atoms with van der Waals surface area (Å²) in [7, 11) is 1.77. The molecule has 0 aromatic rings. The number of nitrogens with one attached hydrogen (secondary N) is 1. The molecule has 0 fully saturated rings. The number of rotatable bonds is 9. The fourth-order valence-electron chi connectivity index (χ4n) is 1.49. The van der Waals surface area contributed by atoms with E-state index >= 15 is 0 Å². The van der Waals surface area contributed by atoms with Gasteiger partial charge in [-0.05, 0) is 25.1 Å². The van der Waals surface area contributed by atoms with Crippen LogP contribution in [0.3, 0.4) is 0 Å². The summed E-state index contributed by atoms with van der Waals surface area (Å²) in [6, 6.07) is 0.660. The number of ether oxygens (including phenoxy) is 1. The van der Waals surface area contributed by atoms with Crippen LogP contribution in [0.2, 0.25) is 0 Å². The Morgan fingerprint density at radius 2 is 2.07 bits per heavy atom. The summed E-state index contributed by atoms with van der Waals surface area (Å²) in [5.41, 5.74) is 0. The van der Waals surface area contributed by atoms with E-state index in [4.69, 9.17) is 4.74 Å². The second kappa shape index (κ2) is 9.81. The molecular formula is C11H25NOS. The molecule has 3 heteroatoms. The lowest BCUT2D eigenvalue weighted by molar-refractivity contribution is 0.200. The molecule has 86 valence electrons. The molecule has 2 nitrogen and oxygen atoms in total. The Hall–Kier alpha value is 0.270. The molecule has 0 spiro atoms. The standard InChI is InChI=1S/C11H25NOS/c1-5-11(12-6-2)10(3)14-9-7-8-13-4/h10-12H,5-9H2,1-4H3. The molecule has 0 aromatic carbocycles. The van der Waals surface area contributed by atoms with Crippen LogP contribution in [0.25, 0.3) is 0 Å². The third kappa shape index (κ3) is 6.68. The molecule has 0 rings (SSSR count). The lowest BCUT2D eigenvalue weighted by atomic mass is 10.2. The van der Waals surface area contributed by atoms with Gasteiger partial charge >= 0.3 is 0 Å². The molecule has 14 heavy (non-hydrogen) atoms. The maximum atomic E-state index is 5.03. The molecular weight excluding hydrogens is 194 g/mol. The molecule has 2 unspecified atom stereocenters. The van der Waals surface area contributed by atoms with Crippen LogP contribution in [0.4, 0.5) is 0 Å². The average Bonchev–Trinajstić information content (AvgIpc) is 2.20. The maximum absolute atomic E-state index is 5.03. The van der Waals surface area contributed by atoms with Crippen molar-refractivity contribution in [3.05, 3.63) is 0 Å². The Morgan fingerprint density at radius 1 is 1.36 bits per heavy atom. The minimum atomic E-state index is 0.660. The maximum Gasteiger partial charge on any atom is 0.0470 e. The van der Waals surface area contributed by atoms with E-state index in [2.05, 4.69) is 26.1 Å². The normalized spacial score (nSPS) is 15.4. The molecule has 0 saturated carbocycles. The van der Waals surface area contributed by atoms with Crippen molar-refractivity contribution in [2.24, 2.45) is 0 Å². The Balaban J connectivity index is 3.52. The summed E-state index contributed by atoms with van der Waals surface area (Å²) >= 11 is 2.05. The average molecular weight is 219 g/mol. The summed E-state index contributed by atoms with van der Waals surface area (Å²) < 4.78 is 5.03. The molecule has 0 amide bonds. The summed E-state index contributed by atoms with van der Waals surface area (Å²) in [4.78, 5) is 0. The van der Waals surface area contributed by atoms with E-state index in [-0.39, 0.29) is 0 Å². The van der Waals surface area contributed by atoms with Crippen molar-refractivity contribution in [3.63, 3.8) is 0 Å². The van der Waals surface area contributed by atoms with E-state index in [0.29, 0.717) is 11.3 Å². The Labute approximate surface area is 93.2 Å². The van der Waals surface area contributed by atoms with E-state index < -0.39 is 0 Å². The minimum absolute atomic E-state index is 0.660. The minimum Gasteiger partial charge on any atom is -0.385 e. The van der Waals surface area contributed by atoms with Crippen molar-refractivity contribution in [2.75, 3.05) is 26.0 Å². The number of hydrogen-bond donors (Lipinski definition) is 1. The zero-order valence-corrected chi connectivity index (χ0v) is 10.8. The van der Waals surface area contributed by atoms with Crippen molar-refractivity contribution < 1.29 is 4.74 Å². The van der Waals surface area contributed by atoms with Gasteiger partial charge in [-0.15, -0.1) is 0 Å². The molecule has 0 aliphatic rings. The fourth-order valence-corrected chi connectivity index (χ4v) is 2.67. The summed E-state index contributed by atoms with van der Waals surface area (Å²) in [6.07, 6.45) is 2.38. The first-order valence-electron chi connectivity index (χ1n) is 5.60. The third-order valence-corrected chi connectivity index (χ3v) is 3.73. The summed E-state index contributed by atoms with van der Waals surface area (Å²) in [6.45, 7) is 8.69. The highest BCUT2D eigenvalue weighted by Crippen LogP contribution is 2.17. The highest BCUT2D eigenvalue weighted by atomic mass is 32.2. The highest BCUT2D eigenvalue weighted by Gasteiger charge is 2.13. The van der Waals surface area contributed by atoms with E-state index in [9.17, 15) is 0 Å². The summed E-state index contributed by atoms with van der Waals surface area (Å²) in [5.74, 6) is 1.21. The Kier molecular flexibility index (Phi) is 10.0. The first-order valence-corrected chi connectivity index (χ1v) is 6.65. The van der Waals surface area contributed by atoms with Crippen LogP contribution in [0.5, 0.6) is 0 Å². The van der Waals surface area contributed by atoms with Crippen LogP contribution in [-0.2, 0) is 4.74 Å². The van der Waals surface area contributed by atoms with E-state index in [1.165, 1.54) is 12.2 Å². The molecule has 2 atom stereocenters. The van der Waals surface area contributed by atoms with E-state index in [1.54, 1.807) is 7.11 Å². The zero-order valence-electron chi connectivity index (χ0n) is 10.0. The lowest BCUT2D eigenvalue weighted by Gasteiger charge is -2.22. The number of hydrogen-bond acceptors (Lipinski definition) is 3. The van der Waals surface area contributed by atoms with Crippen molar-refractivity contribution in [1.82, 2.24) is 5.32 Å². The molecule has 0 heterocycles. The van der Waals surface area contributed by atoms with Gasteiger partial charge in [0.1, 0.15) is 0 Å². The zero-order chi connectivity index (χ0) is 10.8. The molecule has 0 saturated heterocycles. The Bertz CT molecular complexity index is 122. The largest absolute Gasteiger partial charge is 0.385 e. The van der Waals surface area contributed by atoms with Crippen LogP contribution in [0.1, 0.15) is 33.6 Å². The predicted octanol–water partition coefficient (Wildman–Crippen LogP) is 2.53. The van der Waals surface area contributed by atoms with Crippen LogP contribution in [0.15, 0.2) is 0 Å². The van der Waals surface area contributed by atoms with Crippen LogP contribution < -0.4 is 5.32 Å². The lowest BCUT2D eigenvalue weighted by Crippen LogP contribution is -2.36. The highest BCUT2D eigenvalue weighted by molar-refractivity contribution is 7.99. The SMILES string of the molecule is CCNC(CC)C(C)SCCCOC. The second-order valence-corrected chi connectivity index (χ2v) is 4.98. The summed E-state index contributed by atoms with van der Waals surface area (Å²) in [5, 5.41) is 4.23. The molecule has 0 aliphatic carbocycles. The van der Waals surface area contributed by atoms with Gasteiger partial charge in [-0.3, -0.25) is 0 Å². The van der Waals surface area contributed by atoms with Crippen molar-refractivity contribution in [3.8, 4) is 0 Å². The van der Waals surface area contributed by atoms with Gasteiger partial charge in [0.15, 0.2) is 0 Å². The monoisotopic (exact) mass is 219 g/mol. The van der Waals surface area contributed by atoms with Crippen LogP contribution in [0, 0.1) is 0 Å². The molecule has 0 aromatic heterocycles. The van der Waals surface area contributed by atoms with Gasteiger partial charge in [-0.1, -0.05) is 20.8 Å². The van der Waals surface area contributed by atoms with Crippen LogP contribution >= 0.6 is 11.8 Å². The van der Waals surface area contributed by atoms with Crippen molar-refractivity contribution >= 4 is 11.8 Å². The van der Waals surface area contributed by atoms with E-state index in [0.717, 1.165) is 19.6 Å². The van der Waals surface area contributed by atoms with Gasteiger partial charge in [0.25, 0.3) is 0 Å². The van der Waals surface area contributed by atoms with Gasteiger partial charge in [0.05, 0.1) is 0 Å². The molecule has 0 bridgehead atoms. The Morgan fingerprint density at radius 3 is 2.57 bits per heavy atom. The van der Waals surface area contributed by atoms with E-state index in [1.807, 2.05) is 11.8 Å². The first kappa shape index (κ1) is 14.3. The topological polar surface area (TPSA) is 21.3 Å². The number of methoxy groups -OCH3 is 1. The van der Waals surface area contributed by atoms with Crippen molar-refractivity contribution in [1.29, 1.82) is 0 Å². The third-order valence-electron chi connectivity index (χ3n) is 2.35. The van der Waals surface area contributed by atoms with Gasteiger partial charge in [0, 0.05) is 25.0 Å². The van der Waals surface area contributed by atoms with Gasteiger partial charge in [0.2, 0.25) is 0 Å². The number of thioether (sulfide) groups is 1. The van der Waals surface area contributed by atoms with Gasteiger partial charge < -0.3 is 10.1 Å². The molecule has 0 aliphatic heterocycles. The van der Waals surface area contributed by atoms with Crippen molar-refractivity contribution in [2.45, 2.75) is 44.9 Å².